The molecule has 0 aliphatic heterocycles. The summed E-state index contributed by atoms with van der Waals surface area (Å²) in [5, 5.41) is 1.23. The van der Waals surface area contributed by atoms with E-state index in [0.29, 0.717) is 6.61 Å². The number of aromatic amines is 1. The van der Waals surface area contributed by atoms with E-state index >= 15 is 0 Å². The number of aryl methyl sites for hydroxylation is 1. The van der Waals surface area contributed by atoms with Crippen LogP contribution in [0.1, 0.15) is 25.3 Å². The first kappa shape index (κ1) is 13.6. The van der Waals surface area contributed by atoms with Crippen molar-refractivity contribution in [1.82, 2.24) is 4.98 Å². The van der Waals surface area contributed by atoms with Crippen LogP contribution in [-0.2, 0) is 16.0 Å². The van der Waals surface area contributed by atoms with E-state index < -0.39 is 0 Å². The SMILES string of the molecule is CCOC(=O)C[C@H](N)CCc1c[nH]c2ccccc12. The fourth-order valence-corrected chi connectivity index (χ4v) is 2.22. The van der Waals surface area contributed by atoms with Gasteiger partial charge in [-0.2, -0.15) is 0 Å². The number of carbonyl (C=O) groups excluding carboxylic acids is 1. The Bertz CT molecular complexity index is 548. The number of carbonyl (C=O) groups is 1. The molecule has 4 heteroatoms. The summed E-state index contributed by atoms with van der Waals surface area (Å²) in [7, 11) is 0. The molecule has 0 aliphatic rings. The molecule has 0 unspecified atom stereocenters. The summed E-state index contributed by atoms with van der Waals surface area (Å²) >= 11 is 0. The summed E-state index contributed by atoms with van der Waals surface area (Å²) < 4.78 is 4.89. The van der Waals surface area contributed by atoms with Gasteiger partial charge < -0.3 is 15.5 Å². The van der Waals surface area contributed by atoms with Crippen molar-refractivity contribution in [2.45, 2.75) is 32.2 Å². The Labute approximate surface area is 112 Å². The highest BCUT2D eigenvalue weighted by atomic mass is 16.5. The Morgan fingerprint density at radius 1 is 1.42 bits per heavy atom. The van der Waals surface area contributed by atoms with Gasteiger partial charge in [0, 0.05) is 23.1 Å². The molecule has 19 heavy (non-hydrogen) atoms. The van der Waals surface area contributed by atoms with Crippen LogP contribution in [0.5, 0.6) is 0 Å². The lowest BCUT2D eigenvalue weighted by atomic mass is 10.0. The molecular formula is C15H20N2O2. The first-order valence-corrected chi connectivity index (χ1v) is 6.67. The number of fused-ring (bicyclic) bond motifs is 1. The average Bonchev–Trinajstić information content (AvgIpc) is 2.80. The van der Waals surface area contributed by atoms with Crippen molar-refractivity contribution in [1.29, 1.82) is 0 Å². The molecule has 1 aromatic carbocycles. The maximum atomic E-state index is 11.3. The van der Waals surface area contributed by atoms with Crippen LogP contribution in [0, 0.1) is 0 Å². The minimum Gasteiger partial charge on any atom is -0.466 e. The van der Waals surface area contributed by atoms with E-state index in [0.717, 1.165) is 18.4 Å². The van der Waals surface area contributed by atoms with Crippen LogP contribution < -0.4 is 5.73 Å². The maximum absolute atomic E-state index is 11.3. The Hall–Kier alpha value is -1.81. The molecule has 4 nitrogen and oxygen atoms in total. The highest BCUT2D eigenvalue weighted by molar-refractivity contribution is 5.83. The molecule has 0 aliphatic carbocycles. The summed E-state index contributed by atoms with van der Waals surface area (Å²) in [5.74, 6) is -0.214. The molecular weight excluding hydrogens is 240 g/mol. The van der Waals surface area contributed by atoms with Crippen molar-refractivity contribution < 1.29 is 9.53 Å². The highest BCUT2D eigenvalue weighted by Gasteiger charge is 2.11. The third kappa shape index (κ3) is 3.58. The molecule has 0 fully saturated rings. The number of para-hydroxylation sites is 1. The largest absolute Gasteiger partial charge is 0.466 e. The van der Waals surface area contributed by atoms with Gasteiger partial charge in [0.1, 0.15) is 0 Å². The molecule has 0 bridgehead atoms. The molecule has 0 spiro atoms. The van der Waals surface area contributed by atoms with Gasteiger partial charge in [0.15, 0.2) is 0 Å². The van der Waals surface area contributed by atoms with Crippen molar-refractivity contribution in [3.63, 3.8) is 0 Å². The second-order valence-corrected chi connectivity index (χ2v) is 4.67. The molecule has 0 amide bonds. The second kappa shape index (κ2) is 6.38. The number of rotatable bonds is 6. The van der Waals surface area contributed by atoms with Crippen LogP contribution in [0.15, 0.2) is 30.5 Å². The van der Waals surface area contributed by atoms with Gasteiger partial charge in [0.05, 0.1) is 13.0 Å². The first-order chi connectivity index (χ1) is 9.20. The number of nitrogens with one attached hydrogen (secondary N) is 1. The van der Waals surface area contributed by atoms with E-state index in [1.165, 1.54) is 10.9 Å². The third-order valence-corrected chi connectivity index (χ3v) is 3.19. The molecule has 0 saturated carbocycles. The molecule has 2 aromatic rings. The number of benzene rings is 1. The first-order valence-electron chi connectivity index (χ1n) is 6.67. The Kier molecular flexibility index (Phi) is 4.58. The fourth-order valence-electron chi connectivity index (χ4n) is 2.22. The van der Waals surface area contributed by atoms with Gasteiger partial charge >= 0.3 is 5.97 Å². The van der Waals surface area contributed by atoms with E-state index in [4.69, 9.17) is 10.5 Å². The standard InChI is InChI=1S/C15H20N2O2/c1-2-19-15(18)9-12(16)8-7-11-10-17-14-6-4-3-5-13(11)14/h3-6,10,12,17H,2,7-9,16H2,1H3/t12-/m1/s1. The lowest BCUT2D eigenvalue weighted by Crippen LogP contribution is -2.25. The lowest BCUT2D eigenvalue weighted by molar-refractivity contribution is -0.143. The predicted molar refractivity (Wildman–Crippen MR) is 75.8 cm³/mol. The van der Waals surface area contributed by atoms with Gasteiger partial charge in [-0.3, -0.25) is 4.79 Å². The number of H-pyrrole nitrogens is 1. The summed E-state index contributed by atoms with van der Waals surface area (Å²) in [6, 6.07) is 8.04. The normalized spacial score (nSPS) is 12.5. The summed E-state index contributed by atoms with van der Waals surface area (Å²) in [4.78, 5) is 14.6. The average molecular weight is 260 g/mol. The van der Waals surface area contributed by atoms with Crippen LogP contribution in [0.3, 0.4) is 0 Å². The number of ether oxygens (including phenoxy) is 1. The van der Waals surface area contributed by atoms with Crippen LogP contribution in [0.2, 0.25) is 0 Å². The topological polar surface area (TPSA) is 68.1 Å². The quantitative estimate of drug-likeness (QED) is 0.783. The number of hydrogen-bond donors (Lipinski definition) is 2. The van der Waals surface area contributed by atoms with Gasteiger partial charge in [-0.25, -0.2) is 0 Å². The molecule has 102 valence electrons. The van der Waals surface area contributed by atoms with Crippen LogP contribution in [0.25, 0.3) is 10.9 Å². The van der Waals surface area contributed by atoms with Gasteiger partial charge in [0.2, 0.25) is 0 Å². The molecule has 1 aromatic heterocycles. The van der Waals surface area contributed by atoms with Crippen molar-refractivity contribution >= 4 is 16.9 Å². The Morgan fingerprint density at radius 2 is 2.21 bits per heavy atom. The molecule has 2 rings (SSSR count). The smallest absolute Gasteiger partial charge is 0.307 e. The maximum Gasteiger partial charge on any atom is 0.307 e. The van der Waals surface area contributed by atoms with E-state index in [2.05, 4.69) is 17.1 Å². The number of hydrogen-bond acceptors (Lipinski definition) is 3. The summed E-state index contributed by atoms with van der Waals surface area (Å²) in [6.07, 6.45) is 3.95. The zero-order valence-corrected chi connectivity index (χ0v) is 11.2. The van der Waals surface area contributed by atoms with Crippen molar-refractivity contribution in [2.24, 2.45) is 5.73 Å². The summed E-state index contributed by atoms with van der Waals surface area (Å²) in [5.41, 5.74) is 8.34. The van der Waals surface area contributed by atoms with E-state index in [9.17, 15) is 4.79 Å². The molecule has 1 heterocycles. The molecule has 0 radical (unpaired) electrons. The third-order valence-electron chi connectivity index (χ3n) is 3.19. The minimum atomic E-state index is -0.214. The Morgan fingerprint density at radius 3 is 3.00 bits per heavy atom. The Balaban J connectivity index is 1.90. The molecule has 1 atom stereocenters. The minimum absolute atomic E-state index is 0.146. The van der Waals surface area contributed by atoms with Crippen molar-refractivity contribution in [2.75, 3.05) is 6.61 Å². The van der Waals surface area contributed by atoms with Crippen molar-refractivity contribution in [3.05, 3.63) is 36.0 Å². The van der Waals surface area contributed by atoms with Crippen LogP contribution >= 0.6 is 0 Å². The lowest BCUT2D eigenvalue weighted by Gasteiger charge is -2.10. The van der Waals surface area contributed by atoms with Gasteiger partial charge in [0.25, 0.3) is 0 Å². The van der Waals surface area contributed by atoms with Gasteiger partial charge in [-0.15, -0.1) is 0 Å². The predicted octanol–water partition coefficient (Wildman–Crippen LogP) is 2.38. The van der Waals surface area contributed by atoms with Gasteiger partial charge in [-0.05, 0) is 31.4 Å². The summed E-state index contributed by atoms with van der Waals surface area (Å²) in [6.45, 7) is 2.21. The van der Waals surface area contributed by atoms with Crippen LogP contribution in [0.4, 0.5) is 0 Å². The number of aromatic nitrogens is 1. The number of esters is 1. The fraction of sp³-hybridized carbons (Fsp3) is 0.400. The van der Waals surface area contributed by atoms with Gasteiger partial charge in [-0.1, -0.05) is 18.2 Å². The zero-order valence-electron chi connectivity index (χ0n) is 11.2. The number of nitrogens with two attached hydrogens (primary N) is 1. The van der Waals surface area contributed by atoms with Crippen LogP contribution in [-0.4, -0.2) is 23.6 Å². The van der Waals surface area contributed by atoms with E-state index in [-0.39, 0.29) is 18.4 Å². The van der Waals surface area contributed by atoms with E-state index in [1.807, 2.05) is 18.3 Å². The van der Waals surface area contributed by atoms with Crippen molar-refractivity contribution in [3.8, 4) is 0 Å². The van der Waals surface area contributed by atoms with E-state index in [1.54, 1.807) is 6.92 Å². The second-order valence-electron chi connectivity index (χ2n) is 4.67. The highest BCUT2D eigenvalue weighted by Crippen LogP contribution is 2.19. The zero-order chi connectivity index (χ0) is 13.7. The monoisotopic (exact) mass is 260 g/mol. The molecule has 3 N–H and O–H groups in total. The molecule has 0 saturated heterocycles.